The topological polar surface area (TPSA) is 72.0 Å². The van der Waals surface area contributed by atoms with Gasteiger partial charge in [0.2, 0.25) is 5.88 Å². The van der Waals surface area contributed by atoms with Crippen molar-refractivity contribution in [2.75, 3.05) is 6.61 Å². The van der Waals surface area contributed by atoms with Gasteiger partial charge in [0.05, 0.1) is 6.61 Å². The number of nitrogen functional groups attached to an aromatic ring is 1. The second-order valence-corrected chi connectivity index (χ2v) is 2.70. The minimum atomic E-state index is -0.0895. The number of rotatable bonds is 3. The number of aromatic nitrogens is 1. The quantitative estimate of drug-likeness (QED) is 0.571. The molecule has 0 aliphatic carbocycles. The van der Waals surface area contributed by atoms with E-state index < -0.39 is 0 Å². The number of nitrogens with zero attached hydrogens (tertiary/aromatic N) is 1. The third-order valence-electron chi connectivity index (χ3n) is 1.43. The zero-order chi connectivity index (χ0) is 9.84. The molecule has 0 unspecified atom stereocenters. The predicted octanol–water partition coefficient (Wildman–Crippen LogP) is 1.42. The Balaban J connectivity index is 3.10. The molecule has 1 aromatic heterocycles. The molecule has 1 rings (SSSR count). The second kappa shape index (κ2) is 4.09. The van der Waals surface area contributed by atoms with Gasteiger partial charge in [-0.05, 0) is 13.0 Å². The summed E-state index contributed by atoms with van der Waals surface area (Å²) in [5, 5.41) is 7.50. The van der Waals surface area contributed by atoms with Gasteiger partial charge >= 0.3 is 0 Å². The molecule has 1 aromatic rings. The monoisotopic (exact) mass is 199 g/mol. The lowest BCUT2D eigenvalue weighted by Gasteiger charge is -2.06. The Morgan fingerprint density at radius 1 is 1.77 bits per heavy atom. The normalized spacial score (nSPS) is 9.69. The van der Waals surface area contributed by atoms with E-state index in [0.717, 1.165) is 0 Å². The first kappa shape index (κ1) is 9.80. The van der Waals surface area contributed by atoms with Crippen LogP contribution in [0.1, 0.15) is 12.5 Å². The molecule has 0 spiro atoms. The minimum Gasteiger partial charge on any atom is -0.477 e. The molecule has 1 heterocycles. The highest BCUT2D eigenvalue weighted by Crippen LogP contribution is 2.24. The van der Waals surface area contributed by atoms with E-state index in [1.807, 2.05) is 6.92 Å². The van der Waals surface area contributed by atoms with Gasteiger partial charge in [0.1, 0.15) is 10.9 Å². The Kier molecular flexibility index (Phi) is 3.08. The number of nitrogens with one attached hydrogen (secondary N) is 1. The van der Waals surface area contributed by atoms with Crippen molar-refractivity contribution in [2.24, 2.45) is 5.73 Å². The molecular formula is C8H10ClN3O. The van der Waals surface area contributed by atoms with Crippen LogP contribution in [0.4, 0.5) is 0 Å². The molecule has 0 aliphatic heterocycles. The van der Waals surface area contributed by atoms with Gasteiger partial charge < -0.3 is 10.5 Å². The summed E-state index contributed by atoms with van der Waals surface area (Å²) in [4.78, 5) is 3.90. The van der Waals surface area contributed by atoms with Gasteiger partial charge in [-0.15, -0.1) is 0 Å². The fourth-order valence-electron chi connectivity index (χ4n) is 0.870. The molecule has 4 nitrogen and oxygen atoms in total. The Bertz CT molecular complexity index is 327. The van der Waals surface area contributed by atoms with E-state index in [9.17, 15) is 0 Å². The van der Waals surface area contributed by atoms with E-state index in [2.05, 4.69) is 4.98 Å². The third kappa shape index (κ3) is 2.09. The van der Waals surface area contributed by atoms with Gasteiger partial charge in [-0.1, -0.05) is 11.6 Å². The van der Waals surface area contributed by atoms with Crippen molar-refractivity contribution in [3.8, 4) is 5.88 Å². The lowest BCUT2D eigenvalue weighted by Crippen LogP contribution is -2.12. The molecule has 70 valence electrons. The van der Waals surface area contributed by atoms with Crippen molar-refractivity contribution in [1.29, 1.82) is 5.41 Å². The van der Waals surface area contributed by atoms with Crippen molar-refractivity contribution in [1.82, 2.24) is 4.98 Å². The van der Waals surface area contributed by atoms with Gasteiger partial charge in [0.25, 0.3) is 0 Å². The number of amidine groups is 1. The fraction of sp³-hybridized carbons (Fsp3) is 0.250. The SMILES string of the molecule is CCOc1nccc(C(=N)N)c1Cl. The van der Waals surface area contributed by atoms with Crippen LogP contribution in [-0.2, 0) is 0 Å². The first-order chi connectivity index (χ1) is 6.16. The Labute approximate surface area is 81.2 Å². The van der Waals surface area contributed by atoms with Crippen LogP contribution in [0.25, 0.3) is 0 Å². The molecule has 0 aromatic carbocycles. The van der Waals surface area contributed by atoms with Crippen LogP contribution in [0.5, 0.6) is 5.88 Å². The van der Waals surface area contributed by atoms with Crippen molar-refractivity contribution >= 4 is 17.4 Å². The van der Waals surface area contributed by atoms with Crippen LogP contribution in [0.15, 0.2) is 12.3 Å². The van der Waals surface area contributed by atoms with Gasteiger partial charge in [-0.2, -0.15) is 0 Å². The molecule has 0 radical (unpaired) electrons. The number of hydrogen-bond acceptors (Lipinski definition) is 3. The fourth-order valence-corrected chi connectivity index (χ4v) is 1.14. The highest BCUT2D eigenvalue weighted by molar-refractivity contribution is 6.35. The maximum atomic E-state index is 7.22. The maximum Gasteiger partial charge on any atom is 0.233 e. The van der Waals surface area contributed by atoms with Crippen molar-refractivity contribution in [2.45, 2.75) is 6.92 Å². The first-order valence-electron chi connectivity index (χ1n) is 3.78. The average molecular weight is 200 g/mol. The number of hydrogen-bond donors (Lipinski definition) is 2. The minimum absolute atomic E-state index is 0.0895. The third-order valence-corrected chi connectivity index (χ3v) is 1.79. The molecule has 0 amide bonds. The van der Waals surface area contributed by atoms with Crippen LogP contribution in [0.2, 0.25) is 5.02 Å². The van der Waals surface area contributed by atoms with Crippen LogP contribution >= 0.6 is 11.6 Å². The lowest BCUT2D eigenvalue weighted by molar-refractivity contribution is 0.327. The van der Waals surface area contributed by atoms with E-state index in [4.69, 9.17) is 27.5 Å². The average Bonchev–Trinajstić information content (AvgIpc) is 2.08. The highest BCUT2D eigenvalue weighted by Gasteiger charge is 2.09. The summed E-state index contributed by atoms with van der Waals surface area (Å²) in [7, 11) is 0. The highest BCUT2D eigenvalue weighted by atomic mass is 35.5. The standard InChI is InChI=1S/C8H10ClN3O/c1-2-13-8-6(9)5(7(10)11)3-4-12-8/h3-4H,2H2,1H3,(H3,10,11). The molecule has 0 bridgehead atoms. The van der Waals surface area contributed by atoms with Crippen LogP contribution < -0.4 is 10.5 Å². The molecule has 0 atom stereocenters. The molecule has 0 saturated carbocycles. The Hall–Kier alpha value is -1.29. The number of halogens is 1. The molecule has 0 aliphatic rings. The van der Waals surface area contributed by atoms with E-state index in [0.29, 0.717) is 18.1 Å². The van der Waals surface area contributed by atoms with Crippen LogP contribution in [0, 0.1) is 5.41 Å². The van der Waals surface area contributed by atoms with Crippen LogP contribution in [0.3, 0.4) is 0 Å². The molecule has 13 heavy (non-hydrogen) atoms. The first-order valence-corrected chi connectivity index (χ1v) is 4.16. The van der Waals surface area contributed by atoms with Crippen LogP contribution in [-0.4, -0.2) is 17.4 Å². The predicted molar refractivity (Wildman–Crippen MR) is 51.4 cm³/mol. The number of pyridine rings is 1. The Morgan fingerprint density at radius 2 is 2.46 bits per heavy atom. The summed E-state index contributed by atoms with van der Waals surface area (Å²) >= 11 is 5.87. The lowest BCUT2D eigenvalue weighted by atomic mass is 10.2. The zero-order valence-corrected chi connectivity index (χ0v) is 7.93. The van der Waals surface area contributed by atoms with E-state index in [1.54, 1.807) is 6.07 Å². The van der Waals surface area contributed by atoms with E-state index in [-0.39, 0.29) is 10.9 Å². The maximum absolute atomic E-state index is 7.22. The number of nitrogens with two attached hydrogens (primary N) is 1. The molecule has 0 fully saturated rings. The summed E-state index contributed by atoms with van der Waals surface area (Å²) in [5.74, 6) is 0.227. The smallest absolute Gasteiger partial charge is 0.233 e. The molecular weight excluding hydrogens is 190 g/mol. The second-order valence-electron chi connectivity index (χ2n) is 2.32. The van der Waals surface area contributed by atoms with Gasteiger partial charge in [-0.25, -0.2) is 4.98 Å². The largest absolute Gasteiger partial charge is 0.477 e. The van der Waals surface area contributed by atoms with Gasteiger partial charge in [0, 0.05) is 11.8 Å². The zero-order valence-electron chi connectivity index (χ0n) is 7.17. The van der Waals surface area contributed by atoms with E-state index in [1.165, 1.54) is 6.20 Å². The van der Waals surface area contributed by atoms with Gasteiger partial charge in [-0.3, -0.25) is 5.41 Å². The number of ether oxygens (including phenoxy) is 1. The molecule has 0 saturated heterocycles. The summed E-state index contributed by atoms with van der Waals surface area (Å²) in [6.07, 6.45) is 1.51. The van der Waals surface area contributed by atoms with Crippen molar-refractivity contribution in [3.05, 3.63) is 22.8 Å². The van der Waals surface area contributed by atoms with E-state index >= 15 is 0 Å². The Morgan fingerprint density at radius 3 is 3.00 bits per heavy atom. The summed E-state index contributed by atoms with van der Waals surface area (Å²) < 4.78 is 5.13. The summed E-state index contributed by atoms with van der Waals surface area (Å²) in [6.45, 7) is 2.31. The molecule has 5 heteroatoms. The summed E-state index contributed by atoms with van der Waals surface area (Å²) in [5.41, 5.74) is 5.74. The summed E-state index contributed by atoms with van der Waals surface area (Å²) in [6, 6.07) is 1.58. The van der Waals surface area contributed by atoms with Gasteiger partial charge in [0.15, 0.2) is 0 Å². The van der Waals surface area contributed by atoms with Crippen molar-refractivity contribution in [3.63, 3.8) is 0 Å². The van der Waals surface area contributed by atoms with Crippen molar-refractivity contribution < 1.29 is 4.74 Å². The molecule has 3 N–H and O–H groups in total.